The normalized spacial score (nSPS) is 17.5. The molecule has 0 amide bonds. The number of carbonyl (C=O) groups is 1. The van der Waals surface area contributed by atoms with Crippen molar-refractivity contribution in [2.75, 3.05) is 0 Å². The fraction of sp³-hybridized carbons (Fsp3) is 0.417. The summed E-state index contributed by atoms with van der Waals surface area (Å²) in [6.45, 7) is 3.69. The fourth-order valence-corrected chi connectivity index (χ4v) is 1.89. The third kappa shape index (κ3) is 2.28. The van der Waals surface area contributed by atoms with Crippen molar-refractivity contribution in [3.05, 3.63) is 29.3 Å². The summed E-state index contributed by atoms with van der Waals surface area (Å²) in [6.07, 6.45) is -4.22. The smallest absolute Gasteiger partial charge is 0.454 e. The standard InChI is InChI=1S/C12H11F3O2/c1-11(2)6-8-4-3-7(5-9(8)17-11)10(16)12(13,14)15/h3-5H,6H2,1-2H3. The number of benzene rings is 1. The van der Waals surface area contributed by atoms with Crippen LogP contribution >= 0.6 is 0 Å². The van der Waals surface area contributed by atoms with Crippen molar-refractivity contribution >= 4 is 5.78 Å². The van der Waals surface area contributed by atoms with Crippen LogP contribution in [-0.4, -0.2) is 17.6 Å². The minimum atomic E-state index is -4.84. The van der Waals surface area contributed by atoms with Crippen LogP contribution in [0.25, 0.3) is 0 Å². The average Bonchev–Trinajstić information content (AvgIpc) is 2.47. The van der Waals surface area contributed by atoms with E-state index in [1.165, 1.54) is 18.2 Å². The second-order valence-electron chi connectivity index (χ2n) is 4.69. The van der Waals surface area contributed by atoms with E-state index in [0.717, 1.165) is 5.56 Å². The summed E-state index contributed by atoms with van der Waals surface area (Å²) in [4.78, 5) is 11.0. The van der Waals surface area contributed by atoms with Gasteiger partial charge in [0.1, 0.15) is 11.4 Å². The van der Waals surface area contributed by atoms with Crippen molar-refractivity contribution in [3.63, 3.8) is 0 Å². The largest absolute Gasteiger partial charge is 0.487 e. The lowest BCUT2D eigenvalue weighted by Gasteiger charge is -2.16. The van der Waals surface area contributed by atoms with E-state index in [0.29, 0.717) is 12.2 Å². The lowest BCUT2D eigenvalue weighted by atomic mass is 10.00. The Morgan fingerprint density at radius 1 is 1.35 bits per heavy atom. The van der Waals surface area contributed by atoms with E-state index in [1.54, 1.807) is 0 Å². The lowest BCUT2D eigenvalue weighted by molar-refractivity contribution is -0.0885. The summed E-state index contributed by atoms with van der Waals surface area (Å²) in [5, 5.41) is 0. The summed E-state index contributed by atoms with van der Waals surface area (Å²) >= 11 is 0. The molecule has 0 aromatic heterocycles. The van der Waals surface area contributed by atoms with E-state index in [9.17, 15) is 18.0 Å². The molecule has 0 radical (unpaired) electrons. The van der Waals surface area contributed by atoms with Crippen LogP contribution < -0.4 is 4.74 Å². The van der Waals surface area contributed by atoms with E-state index in [4.69, 9.17) is 4.74 Å². The number of halogens is 3. The molecule has 0 bridgehead atoms. The molecule has 92 valence electrons. The van der Waals surface area contributed by atoms with Gasteiger partial charge in [-0.15, -0.1) is 0 Å². The second-order valence-corrected chi connectivity index (χ2v) is 4.69. The summed E-state index contributed by atoms with van der Waals surface area (Å²) in [5.41, 5.74) is 0.0186. The maximum atomic E-state index is 12.2. The van der Waals surface area contributed by atoms with Crippen molar-refractivity contribution < 1.29 is 22.7 Å². The monoisotopic (exact) mass is 244 g/mol. The number of hydrogen-bond acceptors (Lipinski definition) is 2. The number of rotatable bonds is 1. The van der Waals surface area contributed by atoms with Crippen LogP contribution in [0.1, 0.15) is 29.8 Å². The fourth-order valence-electron chi connectivity index (χ4n) is 1.89. The molecule has 0 atom stereocenters. The molecule has 0 saturated carbocycles. The Hall–Kier alpha value is -1.52. The molecule has 1 aliphatic heterocycles. The first-order valence-electron chi connectivity index (χ1n) is 5.12. The maximum Gasteiger partial charge on any atom is 0.454 e. The van der Waals surface area contributed by atoms with Gasteiger partial charge < -0.3 is 4.74 Å². The van der Waals surface area contributed by atoms with Gasteiger partial charge in [0.15, 0.2) is 0 Å². The molecule has 2 nitrogen and oxygen atoms in total. The topological polar surface area (TPSA) is 26.3 Å². The first-order valence-corrected chi connectivity index (χ1v) is 5.12. The van der Waals surface area contributed by atoms with Crippen molar-refractivity contribution in [2.45, 2.75) is 32.0 Å². The minimum Gasteiger partial charge on any atom is -0.487 e. The first-order chi connectivity index (χ1) is 7.69. The van der Waals surface area contributed by atoms with E-state index in [-0.39, 0.29) is 5.56 Å². The molecular weight excluding hydrogens is 233 g/mol. The molecule has 0 saturated heterocycles. The highest BCUT2D eigenvalue weighted by molar-refractivity contribution is 6.00. The van der Waals surface area contributed by atoms with Gasteiger partial charge in [0.25, 0.3) is 5.78 Å². The van der Waals surface area contributed by atoms with Crippen LogP contribution in [0.15, 0.2) is 18.2 Å². The van der Waals surface area contributed by atoms with Crippen LogP contribution in [0.5, 0.6) is 5.75 Å². The third-order valence-corrected chi connectivity index (χ3v) is 2.59. The molecule has 1 aliphatic rings. The summed E-state index contributed by atoms with van der Waals surface area (Å²) in [7, 11) is 0. The van der Waals surface area contributed by atoms with E-state index >= 15 is 0 Å². The molecule has 0 N–H and O–H groups in total. The van der Waals surface area contributed by atoms with Crippen molar-refractivity contribution in [3.8, 4) is 5.75 Å². The Labute approximate surface area is 96.4 Å². The highest BCUT2D eigenvalue weighted by atomic mass is 19.4. The van der Waals surface area contributed by atoms with Gasteiger partial charge in [0.2, 0.25) is 0 Å². The Morgan fingerprint density at radius 3 is 2.59 bits per heavy atom. The van der Waals surface area contributed by atoms with Gasteiger partial charge >= 0.3 is 6.18 Å². The van der Waals surface area contributed by atoms with Crippen molar-refractivity contribution in [1.82, 2.24) is 0 Å². The quantitative estimate of drug-likeness (QED) is 0.709. The van der Waals surface area contributed by atoms with Gasteiger partial charge in [-0.2, -0.15) is 13.2 Å². The molecule has 17 heavy (non-hydrogen) atoms. The predicted molar refractivity (Wildman–Crippen MR) is 55.2 cm³/mol. The number of ketones is 1. The molecule has 0 unspecified atom stereocenters. The van der Waals surface area contributed by atoms with Gasteiger partial charge in [-0.1, -0.05) is 12.1 Å². The number of fused-ring (bicyclic) bond motifs is 1. The first kappa shape index (κ1) is 12.0. The van der Waals surface area contributed by atoms with Crippen LogP contribution in [0.2, 0.25) is 0 Å². The Bertz CT molecular complexity index is 475. The zero-order valence-corrected chi connectivity index (χ0v) is 9.39. The molecule has 0 fully saturated rings. The minimum absolute atomic E-state index is 0.366. The molecule has 0 aliphatic carbocycles. The third-order valence-electron chi connectivity index (χ3n) is 2.59. The van der Waals surface area contributed by atoms with Gasteiger partial charge in [-0.3, -0.25) is 4.79 Å². The number of hydrogen-bond donors (Lipinski definition) is 0. The zero-order valence-electron chi connectivity index (χ0n) is 9.39. The van der Waals surface area contributed by atoms with Crippen LogP contribution in [-0.2, 0) is 6.42 Å². The Morgan fingerprint density at radius 2 is 2.00 bits per heavy atom. The Balaban J connectivity index is 2.35. The molecule has 1 heterocycles. The van der Waals surface area contributed by atoms with Gasteiger partial charge in [-0.05, 0) is 25.5 Å². The van der Waals surface area contributed by atoms with Crippen LogP contribution in [0.4, 0.5) is 13.2 Å². The number of carbonyl (C=O) groups excluding carboxylic acids is 1. The van der Waals surface area contributed by atoms with Gasteiger partial charge in [0.05, 0.1) is 0 Å². The Kier molecular flexibility index (Phi) is 2.45. The second kappa shape index (κ2) is 3.48. The van der Waals surface area contributed by atoms with Crippen LogP contribution in [0, 0.1) is 0 Å². The van der Waals surface area contributed by atoms with Gasteiger partial charge in [-0.25, -0.2) is 0 Å². The number of alkyl halides is 3. The van der Waals surface area contributed by atoms with Gasteiger partial charge in [0, 0.05) is 12.0 Å². The summed E-state index contributed by atoms with van der Waals surface area (Å²) in [5.74, 6) is -1.47. The molecule has 1 aromatic rings. The molecule has 2 rings (SSSR count). The van der Waals surface area contributed by atoms with Crippen molar-refractivity contribution in [1.29, 1.82) is 0 Å². The predicted octanol–water partition coefficient (Wildman–Crippen LogP) is 3.15. The average molecular weight is 244 g/mol. The summed E-state index contributed by atoms with van der Waals surface area (Å²) < 4.78 is 42.2. The van der Waals surface area contributed by atoms with E-state index in [1.807, 2.05) is 13.8 Å². The van der Waals surface area contributed by atoms with E-state index in [2.05, 4.69) is 0 Å². The lowest BCUT2D eigenvalue weighted by Crippen LogP contribution is -2.24. The SMILES string of the molecule is CC1(C)Cc2ccc(C(=O)C(F)(F)F)cc2O1. The van der Waals surface area contributed by atoms with Crippen LogP contribution in [0.3, 0.4) is 0 Å². The summed E-state index contributed by atoms with van der Waals surface area (Å²) in [6, 6.07) is 3.88. The molecule has 0 spiro atoms. The zero-order chi connectivity index (χ0) is 12.8. The highest BCUT2D eigenvalue weighted by Crippen LogP contribution is 2.36. The number of Topliss-reactive ketones (excluding diaryl/α,β-unsaturated/α-hetero) is 1. The molecule has 5 heteroatoms. The number of ether oxygens (including phenoxy) is 1. The molecular formula is C12H11F3O2. The highest BCUT2D eigenvalue weighted by Gasteiger charge is 2.40. The molecule has 1 aromatic carbocycles. The van der Waals surface area contributed by atoms with Crippen molar-refractivity contribution in [2.24, 2.45) is 0 Å². The van der Waals surface area contributed by atoms with E-state index < -0.39 is 17.6 Å². The maximum absolute atomic E-state index is 12.2.